The van der Waals surface area contributed by atoms with Crippen LogP contribution in [-0.4, -0.2) is 42.9 Å². The third-order valence-electron chi connectivity index (χ3n) is 6.51. The van der Waals surface area contributed by atoms with Crippen molar-refractivity contribution in [3.8, 4) is 0 Å². The maximum Gasteiger partial charge on any atom is 0.408 e. The number of amides is 2. The molecule has 7 nitrogen and oxygen atoms in total. The molecule has 2 atom stereocenters. The Morgan fingerprint density at radius 1 is 1.00 bits per heavy atom. The van der Waals surface area contributed by atoms with E-state index in [1.807, 2.05) is 30.3 Å². The van der Waals surface area contributed by atoms with Gasteiger partial charge < -0.3 is 26.1 Å². The van der Waals surface area contributed by atoms with Crippen LogP contribution < -0.4 is 16.0 Å². The summed E-state index contributed by atoms with van der Waals surface area (Å²) in [5.74, 6) is 0.149. The Morgan fingerprint density at radius 3 is 2.29 bits per heavy atom. The first kappa shape index (κ1) is 23.3. The molecule has 3 rings (SSSR count). The van der Waals surface area contributed by atoms with E-state index >= 15 is 0 Å². The van der Waals surface area contributed by atoms with E-state index in [2.05, 4.69) is 16.0 Å². The molecule has 31 heavy (non-hydrogen) atoms. The van der Waals surface area contributed by atoms with Crippen molar-refractivity contribution in [1.82, 2.24) is 16.0 Å². The van der Waals surface area contributed by atoms with Crippen LogP contribution in [0.2, 0.25) is 0 Å². The van der Waals surface area contributed by atoms with Crippen molar-refractivity contribution in [3.05, 3.63) is 35.9 Å². The molecule has 1 aliphatic carbocycles. The van der Waals surface area contributed by atoms with Crippen molar-refractivity contribution >= 4 is 17.7 Å². The van der Waals surface area contributed by atoms with Crippen LogP contribution in [0.15, 0.2) is 30.3 Å². The minimum Gasteiger partial charge on any atom is -0.445 e. The average molecular weight is 429 g/mol. The van der Waals surface area contributed by atoms with Gasteiger partial charge >= 0.3 is 6.09 Å². The third kappa shape index (κ3) is 7.06. The first-order chi connectivity index (χ1) is 15.0. The predicted molar refractivity (Wildman–Crippen MR) is 121 cm³/mol. The Morgan fingerprint density at radius 2 is 1.65 bits per heavy atom. The third-order valence-corrected chi connectivity index (χ3v) is 6.51. The van der Waals surface area contributed by atoms with Crippen LogP contribution in [0.5, 0.6) is 0 Å². The van der Waals surface area contributed by atoms with Crippen molar-refractivity contribution in [2.75, 3.05) is 13.1 Å². The second kappa shape index (κ2) is 11.8. The highest BCUT2D eigenvalue weighted by molar-refractivity contribution is 5.92. The SMILES string of the molecule is CC(=N)C(NC(=O)[C@@H](NC(=O)OCc1ccccc1)C1CCCCC1)C1CCNCC1. The van der Waals surface area contributed by atoms with Crippen molar-refractivity contribution in [3.63, 3.8) is 0 Å². The van der Waals surface area contributed by atoms with Gasteiger partial charge in [0.25, 0.3) is 0 Å². The molecule has 0 radical (unpaired) electrons. The highest BCUT2D eigenvalue weighted by Gasteiger charge is 2.34. The molecule has 1 saturated carbocycles. The molecule has 4 N–H and O–H groups in total. The second-order valence-electron chi connectivity index (χ2n) is 8.84. The summed E-state index contributed by atoms with van der Waals surface area (Å²) >= 11 is 0. The van der Waals surface area contributed by atoms with Crippen molar-refractivity contribution in [2.45, 2.75) is 70.6 Å². The van der Waals surface area contributed by atoms with Crippen LogP contribution in [0.25, 0.3) is 0 Å². The fourth-order valence-corrected chi connectivity index (χ4v) is 4.76. The van der Waals surface area contributed by atoms with Gasteiger partial charge in [-0.25, -0.2) is 4.79 Å². The molecule has 2 aliphatic rings. The van der Waals surface area contributed by atoms with Crippen LogP contribution in [0.4, 0.5) is 4.79 Å². The van der Waals surface area contributed by atoms with Gasteiger partial charge in [-0.2, -0.15) is 0 Å². The van der Waals surface area contributed by atoms with Gasteiger partial charge in [0.05, 0.1) is 6.04 Å². The lowest BCUT2D eigenvalue weighted by molar-refractivity contribution is -0.125. The molecule has 1 saturated heterocycles. The van der Waals surface area contributed by atoms with E-state index < -0.39 is 12.1 Å². The Bertz CT molecular complexity index is 728. The molecule has 1 aromatic carbocycles. The van der Waals surface area contributed by atoms with E-state index in [4.69, 9.17) is 10.1 Å². The van der Waals surface area contributed by atoms with Gasteiger partial charge in [-0.1, -0.05) is 49.6 Å². The number of rotatable bonds is 8. The summed E-state index contributed by atoms with van der Waals surface area (Å²) in [5.41, 5.74) is 1.37. The zero-order valence-electron chi connectivity index (χ0n) is 18.5. The fraction of sp³-hybridized carbons (Fsp3) is 0.625. The number of carbonyl (C=O) groups excluding carboxylic acids is 2. The number of hydrogen-bond donors (Lipinski definition) is 4. The zero-order chi connectivity index (χ0) is 22.1. The van der Waals surface area contributed by atoms with Crippen LogP contribution in [-0.2, 0) is 16.1 Å². The molecular weight excluding hydrogens is 392 g/mol. The predicted octanol–water partition coefficient (Wildman–Crippen LogP) is 3.39. The number of nitrogens with one attached hydrogen (secondary N) is 4. The van der Waals surface area contributed by atoms with E-state index in [0.29, 0.717) is 5.71 Å². The Balaban J connectivity index is 1.64. The Labute approximate surface area is 185 Å². The lowest BCUT2D eigenvalue weighted by Crippen LogP contribution is -2.56. The Hall–Kier alpha value is -2.41. The van der Waals surface area contributed by atoms with Gasteiger partial charge in [-0.05, 0) is 63.1 Å². The number of alkyl carbamates (subject to hydrolysis) is 1. The van der Waals surface area contributed by atoms with Gasteiger partial charge in [0.2, 0.25) is 5.91 Å². The van der Waals surface area contributed by atoms with E-state index in [1.165, 1.54) is 6.42 Å². The van der Waals surface area contributed by atoms with E-state index in [9.17, 15) is 9.59 Å². The minimum absolute atomic E-state index is 0.0951. The van der Waals surface area contributed by atoms with Gasteiger partial charge in [0, 0.05) is 5.71 Å². The number of carbonyl (C=O) groups is 2. The summed E-state index contributed by atoms with van der Waals surface area (Å²) in [4.78, 5) is 25.8. The molecule has 1 aromatic rings. The molecule has 2 amide bonds. The van der Waals surface area contributed by atoms with Crippen LogP contribution in [0, 0.1) is 17.2 Å². The molecule has 170 valence electrons. The topological polar surface area (TPSA) is 103 Å². The molecule has 0 bridgehead atoms. The number of hydrogen-bond acceptors (Lipinski definition) is 5. The summed E-state index contributed by atoms with van der Waals surface area (Å²) < 4.78 is 5.39. The monoisotopic (exact) mass is 428 g/mol. The summed E-state index contributed by atoms with van der Waals surface area (Å²) in [7, 11) is 0. The van der Waals surface area contributed by atoms with Gasteiger partial charge in [-0.15, -0.1) is 0 Å². The molecule has 0 aromatic heterocycles. The second-order valence-corrected chi connectivity index (χ2v) is 8.84. The minimum atomic E-state index is -0.632. The summed E-state index contributed by atoms with van der Waals surface area (Å²) in [6.07, 6.45) is 6.42. The molecule has 0 spiro atoms. The molecular formula is C24H36N4O3. The maximum atomic E-state index is 13.3. The van der Waals surface area contributed by atoms with Gasteiger partial charge in [0.1, 0.15) is 12.6 Å². The summed E-state index contributed by atoms with van der Waals surface area (Å²) in [6.45, 7) is 3.73. The van der Waals surface area contributed by atoms with Crippen LogP contribution in [0.3, 0.4) is 0 Å². The van der Waals surface area contributed by atoms with Crippen molar-refractivity contribution < 1.29 is 14.3 Å². The lowest BCUT2D eigenvalue weighted by atomic mass is 9.82. The largest absolute Gasteiger partial charge is 0.445 e. The first-order valence-electron chi connectivity index (χ1n) is 11.6. The number of benzene rings is 1. The van der Waals surface area contributed by atoms with Crippen LogP contribution in [0.1, 0.15) is 57.4 Å². The van der Waals surface area contributed by atoms with Crippen molar-refractivity contribution in [2.24, 2.45) is 11.8 Å². The summed E-state index contributed by atoms with van der Waals surface area (Å²) in [5, 5.41) is 17.5. The highest BCUT2D eigenvalue weighted by Crippen LogP contribution is 2.27. The van der Waals surface area contributed by atoms with Gasteiger partial charge in [0.15, 0.2) is 0 Å². The van der Waals surface area contributed by atoms with E-state index in [0.717, 1.165) is 57.2 Å². The standard InChI is InChI=1S/C24H36N4O3/c1-17(25)21(20-12-14-26-15-13-20)27-23(29)22(19-10-6-3-7-11-19)28-24(30)31-16-18-8-4-2-5-9-18/h2,4-5,8-9,19-22,25-26H,3,6-7,10-16H2,1H3,(H,27,29)(H,28,30)/t21?,22-/m0/s1. The molecule has 1 heterocycles. The van der Waals surface area contributed by atoms with Crippen molar-refractivity contribution in [1.29, 1.82) is 5.41 Å². The first-order valence-corrected chi connectivity index (χ1v) is 11.6. The quantitative estimate of drug-likeness (QED) is 0.477. The fourth-order valence-electron chi connectivity index (χ4n) is 4.76. The number of ether oxygens (including phenoxy) is 1. The Kier molecular flexibility index (Phi) is 8.88. The smallest absolute Gasteiger partial charge is 0.408 e. The zero-order valence-corrected chi connectivity index (χ0v) is 18.5. The summed E-state index contributed by atoms with van der Waals surface area (Å²) in [6, 6.07) is 8.58. The highest BCUT2D eigenvalue weighted by atomic mass is 16.5. The molecule has 2 fully saturated rings. The average Bonchev–Trinajstić information content (AvgIpc) is 2.81. The van der Waals surface area contributed by atoms with Crippen LogP contribution >= 0.6 is 0 Å². The molecule has 1 aliphatic heterocycles. The normalized spacial score (nSPS) is 19.8. The van der Waals surface area contributed by atoms with Gasteiger partial charge in [-0.3, -0.25) is 4.79 Å². The van der Waals surface area contributed by atoms with E-state index in [1.54, 1.807) is 6.92 Å². The lowest BCUT2D eigenvalue weighted by Gasteiger charge is -2.34. The molecule has 1 unspecified atom stereocenters. The maximum absolute atomic E-state index is 13.3. The molecule has 7 heteroatoms. The van der Waals surface area contributed by atoms with E-state index in [-0.39, 0.29) is 30.4 Å². The number of piperidine rings is 1.